The third-order valence-corrected chi connectivity index (χ3v) is 2.24. The molecule has 3 nitrogen and oxygen atoms in total. The van der Waals surface area contributed by atoms with Gasteiger partial charge in [0.05, 0.1) is 0 Å². The summed E-state index contributed by atoms with van der Waals surface area (Å²) in [6, 6.07) is 0. The molecule has 0 amide bonds. The second kappa shape index (κ2) is 4.44. The zero-order chi connectivity index (χ0) is 12.3. The molecular weight excluding hydrogens is 186 g/mol. The van der Waals surface area contributed by atoms with Crippen molar-refractivity contribution in [2.75, 3.05) is 0 Å². The van der Waals surface area contributed by atoms with Gasteiger partial charge in [-0.3, -0.25) is 0 Å². The zero-order valence-corrected chi connectivity index (χ0v) is 11.3. The van der Waals surface area contributed by atoms with E-state index < -0.39 is 0 Å². The number of rotatable bonds is 4. The van der Waals surface area contributed by atoms with Crippen molar-refractivity contribution in [1.29, 1.82) is 0 Å². The number of hydrogen-bond donors (Lipinski definition) is 0. The minimum atomic E-state index is -0.288. The Kier molecular flexibility index (Phi) is 4.24. The van der Waals surface area contributed by atoms with E-state index in [0.717, 1.165) is 12.8 Å². The van der Waals surface area contributed by atoms with Crippen molar-refractivity contribution < 1.29 is 0 Å². The van der Waals surface area contributed by atoms with Gasteiger partial charge in [-0.25, -0.2) is 0 Å². The molecule has 15 heavy (non-hydrogen) atoms. The van der Waals surface area contributed by atoms with Crippen LogP contribution in [0, 0.1) is 10.8 Å². The van der Waals surface area contributed by atoms with E-state index in [4.69, 9.17) is 5.53 Å². The topological polar surface area (TPSA) is 48.8 Å². The van der Waals surface area contributed by atoms with Crippen LogP contribution >= 0.6 is 0 Å². The maximum Gasteiger partial charge on any atom is 0.0437 e. The fraction of sp³-hybridized carbons (Fsp3) is 1.00. The molecule has 0 aromatic rings. The van der Waals surface area contributed by atoms with Gasteiger partial charge in [0.15, 0.2) is 0 Å². The number of nitrogens with zero attached hydrogens (tertiary/aromatic N) is 3. The van der Waals surface area contributed by atoms with E-state index in [1.54, 1.807) is 0 Å². The van der Waals surface area contributed by atoms with E-state index >= 15 is 0 Å². The summed E-state index contributed by atoms with van der Waals surface area (Å²) >= 11 is 0. The Hall–Kier alpha value is -0.690. The zero-order valence-electron chi connectivity index (χ0n) is 11.3. The monoisotopic (exact) mass is 211 g/mol. The van der Waals surface area contributed by atoms with Crippen LogP contribution in [0.1, 0.15) is 61.3 Å². The summed E-state index contributed by atoms with van der Waals surface area (Å²) in [7, 11) is 0. The van der Waals surface area contributed by atoms with Crippen molar-refractivity contribution >= 4 is 0 Å². The number of azide groups is 1. The van der Waals surface area contributed by atoms with E-state index in [1.165, 1.54) is 0 Å². The first-order valence-electron chi connectivity index (χ1n) is 5.54. The molecule has 0 aromatic carbocycles. The van der Waals surface area contributed by atoms with Crippen molar-refractivity contribution in [3.63, 3.8) is 0 Å². The van der Waals surface area contributed by atoms with Gasteiger partial charge >= 0.3 is 0 Å². The lowest BCUT2D eigenvalue weighted by atomic mass is 9.71. The number of hydrogen-bond acceptors (Lipinski definition) is 1. The first kappa shape index (κ1) is 14.3. The van der Waals surface area contributed by atoms with Crippen LogP contribution in [0.25, 0.3) is 10.4 Å². The highest BCUT2D eigenvalue weighted by atomic mass is 15.2. The summed E-state index contributed by atoms with van der Waals surface area (Å²) in [6.07, 6.45) is 2.05. The molecule has 3 heteroatoms. The van der Waals surface area contributed by atoms with Gasteiger partial charge in [0.1, 0.15) is 0 Å². The standard InChI is InChI=1S/C12H25N3/c1-10(2,3)8-11(4,5)9-12(6,7)14-15-13/h8-9H2,1-7H3. The molecule has 0 bridgehead atoms. The van der Waals surface area contributed by atoms with Crippen LogP contribution in [0.4, 0.5) is 0 Å². The third-order valence-electron chi connectivity index (χ3n) is 2.24. The van der Waals surface area contributed by atoms with Gasteiger partial charge in [-0.1, -0.05) is 53.6 Å². The molecule has 0 saturated carbocycles. The van der Waals surface area contributed by atoms with Crippen LogP contribution in [-0.2, 0) is 0 Å². The Morgan fingerprint density at radius 1 is 0.933 bits per heavy atom. The fourth-order valence-corrected chi connectivity index (χ4v) is 2.83. The molecule has 0 aliphatic heterocycles. The molecule has 0 aromatic heterocycles. The second-order valence-electron chi connectivity index (χ2n) is 7.08. The van der Waals surface area contributed by atoms with E-state index in [2.05, 4.69) is 44.6 Å². The molecule has 0 fully saturated rings. The highest BCUT2D eigenvalue weighted by molar-refractivity contribution is 4.87. The van der Waals surface area contributed by atoms with Crippen LogP contribution < -0.4 is 0 Å². The van der Waals surface area contributed by atoms with Crippen molar-refractivity contribution in [3.8, 4) is 0 Å². The Bertz CT molecular complexity index is 253. The Balaban J connectivity index is 4.57. The summed E-state index contributed by atoms with van der Waals surface area (Å²) in [5.41, 5.74) is 8.72. The largest absolute Gasteiger partial charge is 0.0878 e. The van der Waals surface area contributed by atoms with Crippen molar-refractivity contribution in [1.82, 2.24) is 0 Å². The van der Waals surface area contributed by atoms with Crippen molar-refractivity contribution in [3.05, 3.63) is 10.4 Å². The molecule has 0 aliphatic rings. The molecule has 0 rings (SSSR count). The molecule has 88 valence electrons. The molecule has 0 spiro atoms. The maximum absolute atomic E-state index is 8.49. The summed E-state index contributed by atoms with van der Waals surface area (Å²) < 4.78 is 0. The maximum atomic E-state index is 8.49. The van der Waals surface area contributed by atoms with Crippen LogP contribution in [-0.4, -0.2) is 5.54 Å². The first-order chi connectivity index (χ1) is 6.47. The smallest absolute Gasteiger partial charge is 0.0437 e. The molecule has 0 unspecified atom stereocenters. The fourth-order valence-electron chi connectivity index (χ4n) is 2.83. The van der Waals surface area contributed by atoms with Gasteiger partial charge < -0.3 is 0 Å². The van der Waals surface area contributed by atoms with Crippen LogP contribution in [0.3, 0.4) is 0 Å². The van der Waals surface area contributed by atoms with Crippen LogP contribution in [0.15, 0.2) is 5.11 Å². The second-order valence-corrected chi connectivity index (χ2v) is 7.08. The molecule has 0 saturated heterocycles. The van der Waals surface area contributed by atoms with E-state index in [1.807, 2.05) is 13.8 Å². The van der Waals surface area contributed by atoms with Gasteiger partial charge in [-0.15, -0.1) is 0 Å². The van der Waals surface area contributed by atoms with Crippen LogP contribution in [0.2, 0.25) is 0 Å². The lowest BCUT2D eigenvalue weighted by molar-refractivity contribution is 0.168. The summed E-state index contributed by atoms with van der Waals surface area (Å²) in [6.45, 7) is 15.2. The van der Waals surface area contributed by atoms with Crippen molar-refractivity contribution in [2.45, 2.75) is 66.8 Å². The van der Waals surface area contributed by atoms with E-state index in [9.17, 15) is 0 Å². The lowest BCUT2D eigenvalue weighted by Gasteiger charge is -2.36. The van der Waals surface area contributed by atoms with E-state index in [0.29, 0.717) is 5.41 Å². The quantitative estimate of drug-likeness (QED) is 0.360. The predicted octanol–water partition coefficient (Wildman–Crippen LogP) is 4.93. The van der Waals surface area contributed by atoms with E-state index in [-0.39, 0.29) is 11.0 Å². The van der Waals surface area contributed by atoms with Gasteiger partial charge in [0.2, 0.25) is 0 Å². The van der Waals surface area contributed by atoms with Crippen LogP contribution in [0.5, 0.6) is 0 Å². The van der Waals surface area contributed by atoms with Crippen molar-refractivity contribution in [2.24, 2.45) is 15.9 Å². The Morgan fingerprint density at radius 2 is 1.40 bits per heavy atom. The average molecular weight is 211 g/mol. The lowest BCUT2D eigenvalue weighted by Crippen LogP contribution is -2.29. The normalized spacial score (nSPS) is 13.5. The highest BCUT2D eigenvalue weighted by Gasteiger charge is 2.31. The highest BCUT2D eigenvalue weighted by Crippen LogP contribution is 2.39. The molecule has 0 aliphatic carbocycles. The molecule has 0 heterocycles. The minimum Gasteiger partial charge on any atom is -0.0878 e. The summed E-state index contributed by atoms with van der Waals surface area (Å²) in [5, 5.41) is 3.85. The van der Waals surface area contributed by atoms with Gasteiger partial charge in [-0.05, 0) is 29.2 Å². The molecule has 0 atom stereocenters. The molecular formula is C12H25N3. The third kappa shape index (κ3) is 7.26. The predicted molar refractivity (Wildman–Crippen MR) is 65.7 cm³/mol. The Labute approximate surface area is 93.9 Å². The first-order valence-corrected chi connectivity index (χ1v) is 5.54. The minimum absolute atomic E-state index is 0.204. The van der Waals surface area contributed by atoms with Gasteiger partial charge in [-0.2, -0.15) is 0 Å². The van der Waals surface area contributed by atoms with Gasteiger partial charge in [0, 0.05) is 10.5 Å². The average Bonchev–Trinajstić information content (AvgIpc) is 1.74. The molecule has 0 N–H and O–H groups in total. The summed E-state index contributed by atoms with van der Waals surface area (Å²) in [5.74, 6) is 0. The SMILES string of the molecule is CC(C)(C)CC(C)(C)CC(C)(C)N=[N+]=[N-]. The molecule has 0 radical (unpaired) electrons. The summed E-state index contributed by atoms with van der Waals surface area (Å²) in [4.78, 5) is 2.91. The van der Waals surface area contributed by atoms with Gasteiger partial charge in [0.25, 0.3) is 0 Å². The Morgan fingerprint density at radius 3 is 1.73 bits per heavy atom.